The summed E-state index contributed by atoms with van der Waals surface area (Å²) in [7, 11) is 0. The van der Waals surface area contributed by atoms with Gasteiger partial charge in [-0.05, 0) is 24.6 Å². The van der Waals surface area contributed by atoms with Crippen molar-refractivity contribution in [3.63, 3.8) is 0 Å². The summed E-state index contributed by atoms with van der Waals surface area (Å²) in [5.74, 6) is 3.01. The first-order chi connectivity index (χ1) is 11.7. The van der Waals surface area contributed by atoms with Crippen molar-refractivity contribution in [1.29, 1.82) is 0 Å². The smallest absolute Gasteiger partial charge is 0.264 e. The standard InChI is InChI=1S/C19H21NO3S/c1-14-5-4-6-15(11-14)13-24-10-9-20-19(21)18-12-22-16-7-2-3-8-17(16)23-18/h2-8,11,18H,9-10,12-13H2,1H3,(H,20,21)/t18-/m0/s1. The Kier molecular flexibility index (Phi) is 5.64. The molecule has 0 fully saturated rings. The number of amides is 1. The van der Waals surface area contributed by atoms with Crippen LogP contribution in [-0.4, -0.2) is 30.9 Å². The third-order valence-corrected chi connectivity index (χ3v) is 4.73. The molecule has 2 aromatic carbocycles. The van der Waals surface area contributed by atoms with E-state index in [1.54, 1.807) is 11.8 Å². The van der Waals surface area contributed by atoms with Crippen LogP contribution in [0.15, 0.2) is 48.5 Å². The number of thioether (sulfide) groups is 1. The highest BCUT2D eigenvalue weighted by Crippen LogP contribution is 2.30. The van der Waals surface area contributed by atoms with Crippen LogP contribution in [0.25, 0.3) is 0 Å². The number of rotatable bonds is 6. The monoisotopic (exact) mass is 343 g/mol. The van der Waals surface area contributed by atoms with Crippen LogP contribution >= 0.6 is 11.8 Å². The molecule has 1 atom stereocenters. The molecule has 0 saturated carbocycles. The maximum absolute atomic E-state index is 12.2. The van der Waals surface area contributed by atoms with E-state index < -0.39 is 6.10 Å². The first kappa shape index (κ1) is 16.7. The molecule has 0 bridgehead atoms. The molecular formula is C19H21NO3S. The van der Waals surface area contributed by atoms with Crippen LogP contribution in [-0.2, 0) is 10.5 Å². The van der Waals surface area contributed by atoms with Crippen molar-refractivity contribution in [3.05, 3.63) is 59.7 Å². The SMILES string of the molecule is Cc1cccc(CSCCNC(=O)[C@@H]2COc3ccccc3O2)c1. The number of carbonyl (C=O) groups excluding carboxylic acids is 1. The Morgan fingerprint density at radius 2 is 2.04 bits per heavy atom. The summed E-state index contributed by atoms with van der Waals surface area (Å²) >= 11 is 1.81. The molecule has 0 radical (unpaired) electrons. The van der Waals surface area contributed by atoms with Gasteiger partial charge < -0.3 is 14.8 Å². The molecule has 2 aromatic rings. The largest absolute Gasteiger partial charge is 0.485 e. The Hall–Kier alpha value is -2.14. The first-order valence-electron chi connectivity index (χ1n) is 8.02. The lowest BCUT2D eigenvalue weighted by Crippen LogP contribution is -2.44. The van der Waals surface area contributed by atoms with E-state index in [0.717, 1.165) is 11.5 Å². The quantitative estimate of drug-likeness (QED) is 0.819. The van der Waals surface area contributed by atoms with Crippen molar-refractivity contribution in [2.45, 2.75) is 18.8 Å². The van der Waals surface area contributed by atoms with Crippen LogP contribution in [0.4, 0.5) is 0 Å². The van der Waals surface area contributed by atoms with Crippen LogP contribution < -0.4 is 14.8 Å². The van der Waals surface area contributed by atoms with Gasteiger partial charge >= 0.3 is 0 Å². The number of nitrogens with one attached hydrogen (secondary N) is 1. The Bertz CT molecular complexity index is 705. The maximum atomic E-state index is 12.2. The lowest BCUT2D eigenvalue weighted by Gasteiger charge is -2.25. The van der Waals surface area contributed by atoms with Crippen LogP contribution in [0.3, 0.4) is 0 Å². The van der Waals surface area contributed by atoms with Crippen molar-refractivity contribution in [3.8, 4) is 11.5 Å². The predicted octanol–water partition coefficient (Wildman–Crippen LogP) is 3.18. The van der Waals surface area contributed by atoms with Gasteiger partial charge in [0, 0.05) is 18.1 Å². The van der Waals surface area contributed by atoms with Crippen LogP contribution in [0.2, 0.25) is 0 Å². The van der Waals surface area contributed by atoms with E-state index in [1.807, 2.05) is 24.3 Å². The highest BCUT2D eigenvalue weighted by Gasteiger charge is 2.26. The number of benzene rings is 2. The van der Waals surface area contributed by atoms with Gasteiger partial charge in [0.05, 0.1) is 0 Å². The summed E-state index contributed by atoms with van der Waals surface area (Å²) < 4.78 is 11.3. The summed E-state index contributed by atoms with van der Waals surface area (Å²) in [4.78, 5) is 12.2. The first-order valence-corrected chi connectivity index (χ1v) is 9.17. The molecule has 0 spiro atoms. The normalized spacial score (nSPS) is 15.8. The molecule has 3 rings (SSSR count). The predicted molar refractivity (Wildman–Crippen MR) is 96.7 cm³/mol. The summed E-state index contributed by atoms with van der Waals surface area (Å²) in [5, 5.41) is 2.92. The molecule has 1 aliphatic heterocycles. The van der Waals surface area contributed by atoms with Gasteiger partial charge in [0.15, 0.2) is 11.5 Å². The highest BCUT2D eigenvalue weighted by atomic mass is 32.2. The van der Waals surface area contributed by atoms with E-state index in [-0.39, 0.29) is 12.5 Å². The molecule has 126 valence electrons. The maximum Gasteiger partial charge on any atom is 0.264 e. The molecule has 0 unspecified atom stereocenters. The summed E-state index contributed by atoms with van der Waals surface area (Å²) in [6, 6.07) is 15.9. The molecule has 1 N–H and O–H groups in total. The van der Waals surface area contributed by atoms with Crippen molar-refractivity contribution >= 4 is 17.7 Å². The van der Waals surface area contributed by atoms with Gasteiger partial charge in [-0.2, -0.15) is 11.8 Å². The topological polar surface area (TPSA) is 47.6 Å². The van der Waals surface area contributed by atoms with E-state index in [1.165, 1.54) is 11.1 Å². The van der Waals surface area contributed by atoms with Gasteiger partial charge in [-0.1, -0.05) is 42.0 Å². The summed E-state index contributed by atoms with van der Waals surface area (Å²) in [6.45, 7) is 2.97. The molecule has 1 heterocycles. The fraction of sp³-hybridized carbons (Fsp3) is 0.316. The van der Waals surface area contributed by atoms with Gasteiger partial charge in [0.25, 0.3) is 5.91 Å². The van der Waals surface area contributed by atoms with E-state index >= 15 is 0 Å². The van der Waals surface area contributed by atoms with Gasteiger partial charge in [-0.25, -0.2) is 0 Å². The zero-order chi connectivity index (χ0) is 16.8. The second-order valence-electron chi connectivity index (χ2n) is 5.70. The second-order valence-corrected chi connectivity index (χ2v) is 6.80. The Labute approximate surface area is 146 Å². The third kappa shape index (κ3) is 4.45. The van der Waals surface area contributed by atoms with Gasteiger partial charge in [0.2, 0.25) is 6.10 Å². The third-order valence-electron chi connectivity index (χ3n) is 3.70. The van der Waals surface area contributed by atoms with E-state index in [9.17, 15) is 4.79 Å². The number of aryl methyl sites for hydroxylation is 1. The minimum atomic E-state index is -0.582. The average Bonchev–Trinajstić information content (AvgIpc) is 2.61. The van der Waals surface area contributed by atoms with Gasteiger partial charge in [-0.15, -0.1) is 0 Å². The molecule has 1 amide bonds. The summed E-state index contributed by atoms with van der Waals surface area (Å²) in [6.07, 6.45) is -0.582. The minimum absolute atomic E-state index is 0.124. The van der Waals surface area contributed by atoms with Crippen molar-refractivity contribution in [2.24, 2.45) is 0 Å². The lowest BCUT2D eigenvalue weighted by molar-refractivity contribution is -0.130. The number of ether oxygens (including phenoxy) is 2. The zero-order valence-electron chi connectivity index (χ0n) is 13.7. The summed E-state index contributed by atoms with van der Waals surface area (Å²) in [5.41, 5.74) is 2.59. The van der Waals surface area contributed by atoms with Gasteiger partial charge in [0.1, 0.15) is 6.61 Å². The molecule has 5 heteroatoms. The van der Waals surface area contributed by atoms with Crippen LogP contribution in [0.5, 0.6) is 11.5 Å². The average molecular weight is 343 g/mol. The Morgan fingerprint density at radius 3 is 2.88 bits per heavy atom. The Morgan fingerprint density at radius 1 is 1.21 bits per heavy atom. The highest BCUT2D eigenvalue weighted by molar-refractivity contribution is 7.98. The number of para-hydroxylation sites is 2. The fourth-order valence-corrected chi connectivity index (χ4v) is 3.31. The molecule has 1 aliphatic rings. The molecule has 0 aliphatic carbocycles. The fourth-order valence-electron chi connectivity index (χ4n) is 2.50. The molecule has 0 aromatic heterocycles. The van der Waals surface area contributed by atoms with Crippen LogP contribution in [0, 0.1) is 6.92 Å². The van der Waals surface area contributed by atoms with E-state index in [4.69, 9.17) is 9.47 Å². The Balaban J connectivity index is 1.37. The molecule has 4 nitrogen and oxygen atoms in total. The molecule has 0 saturated heterocycles. The van der Waals surface area contributed by atoms with E-state index in [0.29, 0.717) is 18.0 Å². The number of hydrogen-bond donors (Lipinski definition) is 1. The second kappa shape index (κ2) is 8.11. The van der Waals surface area contributed by atoms with Crippen molar-refractivity contribution in [1.82, 2.24) is 5.32 Å². The van der Waals surface area contributed by atoms with Gasteiger partial charge in [-0.3, -0.25) is 4.79 Å². The zero-order valence-corrected chi connectivity index (χ0v) is 14.5. The van der Waals surface area contributed by atoms with Crippen molar-refractivity contribution in [2.75, 3.05) is 18.9 Å². The van der Waals surface area contributed by atoms with E-state index in [2.05, 4.69) is 36.5 Å². The molecular weight excluding hydrogens is 322 g/mol. The number of fused-ring (bicyclic) bond motifs is 1. The minimum Gasteiger partial charge on any atom is -0.485 e. The number of hydrogen-bond acceptors (Lipinski definition) is 4. The number of carbonyl (C=O) groups is 1. The lowest BCUT2D eigenvalue weighted by atomic mass is 10.2. The van der Waals surface area contributed by atoms with Crippen molar-refractivity contribution < 1.29 is 14.3 Å². The molecule has 24 heavy (non-hydrogen) atoms. The van der Waals surface area contributed by atoms with Crippen LogP contribution in [0.1, 0.15) is 11.1 Å².